The number of nitrogen functional groups attached to an aromatic ring is 1. The molecule has 0 saturated heterocycles. The lowest BCUT2D eigenvalue weighted by Gasteiger charge is -2.12. The number of ether oxygens (including phenoxy) is 2. The van der Waals surface area contributed by atoms with E-state index in [9.17, 15) is 4.79 Å². The third-order valence-corrected chi connectivity index (χ3v) is 2.92. The number of rotatable bonds is 5. The Hall–Kier alpha value is -2.70. The first-order chi connectivity index (χ1) is 10.0. The summed E-state index contributed by atoms with van der Waals surface area (Å²) in [7, 11) is 2.98. The molecular weight excluding hydrogens is 274 g/mol. The molecule has 0 aliphatic rings. The van der Waals surface area contributed by atoms with Crippen LogP contribution in [0.4, 0.5) is 5.69 Å². The van der Waals surface area contributed by atoms with E-state index in [2.05, 4.69) is 10.5 Å². The summed E-state index contributed by atoms with van der Waals surface area (Å²) in [5.41, 5.74) is 7.20. The lowest BCUT2D eigenvalue weighted by atomic mass is 10.1. The third kappa shape index (κ3) is 3.25. The average molecular weight is 291 g/mol. The molecule has 0 atom stereocenters. The second-order valence-corrected chi connectivity index (χ2v) is 4.41. The lowest BCUT2D eigenvalue weighted by Crippen LogP contribution is -2.23. The van der Waals surface area contributed by atoms with E-state index in [-0.39, 0.29) is 23.7 Å². The van der Waals surface area contributed by atoms with Crippen LogP contribution in [0.5, 0.6) is 11.5 Å². The van der Waals surface area contributed by atoms with Crippen LogP contribution in [0.2, 0.25) is 0 Å². The van der Waals surface area contributed by atoms with Crippen LogP contribution >= 0.6 is 0 Å². The van der Waals surface area contributed by atoms with Gasteiger partial charge in [-0.2, -0.15) is 0 Å². The molecular formula is C14H17N3O4. The quantitative estimate of drug-likeness (QED) is 0.810. The van der Waals surface area contributed by atoms with Crippen LogP contribution in [-0.4, -0.2) is 25.3 Å². The van der Waals surface area contributed by atoms with Crippen molar-refractivity contribution in [3.05, 3.63) is 35.2 Å². The maximum atomic E-state index is 12.2. The number of methoxy groups -OCH3 is 2. The van der Waals surface area contributed by atoms with E-state index in [4.69, 9.17) is 19.7 Å². The highest BCUT2D eigenvalue weighted by Crippen LogP contribution is 2.30. The van der Waals surface area contributed by atoms with E-state index in [1.807, 2.05) is 0 Å². The van der Waals surface area contributed by atoms with Crippen LogP contribution < -0.4 is 20.5 Å². The number of anilines is 1. The highest BCUT2D eigenvalue weighted by molar-refractivity contribution is 6.00. The number of nitrogens with one attached hydrogen (secondary N) is 1. The number of benzene rings is 1. The standard InChI is InChI=1S/C14H17N3O4/c1-8-4-10(21-17-8)7-16-14(18)11-5-9(19-2)6-12(20-3)13(11)15/h4-6H,7,15H2,1-3H3,(H,16,18). The molecule has 0 aliphatic carbocycles. The van der Waals surface area contributed by atoms with Crippen LogP contribution in [0.1, 0.15) is 21.8 Å². The SMILES string of the molecule is COc1cc(OC)c(N)c(C(=O)NCc2cc(C)no2)c1. The maximum absolute atomic E-state index is 12.2. The van der Waals surface area contributed by atoms with Crippen molar-refractivity contribution >= 4 is 11.6 Å². The minimum Gasteiger partial charge on any atom is -0.497 e. The molecule has 0 fully saturated rings. The van der Waals surface area contributed by atoms with Gasteiger partial charge in [-0.3, -0.25) is 4.79 Å². The van der Waals surface area contributed by atoms with E-state index in [0.717, 1.165) is 5.69 Å². The molecule has 0 radical (unpaired) electrons. The zero-order chi connectivity index (χ0) is 15.4. The van der Waals surface area contributed by atoms with E-state index in [0.29, 0.717) is 17.3 Å². The van der Waals surface area contributed by atoms with Crippen LogP contribution in [0.3, 0.4) is 0 Å². The molecule has 112 valence electrons. The van der Waals surface area contributed by atoms with Crippen molar-refractivity contribution in [2.45, 2.75) is 13.5 Å². The fourth-order valence-electron chi connectivity index (χ4n) is 1.84. The van der Waals surface area contributed by atoms with Gasteiger partial charge in [0, 0.05) is 12.1 Å². The Balaban J connectivity index is 2.18. The minimum absolute atomic E-state index is 0.221. The molecule has 0 bridgehead atoms. The Kier molecular flexibility index (Phi) is 4.32. The first-order valence-electron chi connectivity index (χ1n) is 6.27. The first kappa shape index (κ1) is 14.7. The number of aryl methyl sites for hydroxylation is 1. The number of amides is 1. The number of carbonyl (C=O) groups is 1. The van der Waals surface area contributed by atoms with Gasteiger partial charge in [0.1, 0.15) is 11.5 Å². The predicted octanol–water partition coefficient (Wildman–Crippen LogP) is 1.51. The molecule has 21 heavy (non-hydrogen) atoms. The van der Waals surface area contributed by atoms with Gasteiger partial charge in [0.05, 0.1) is 37.7 Å². The van der Waals surface area contributed by atoms with Gasteiger partial charge in [-0.15, -0.1) is 0 Å². The second-order valence-electron chi connectivity index (χ2n) is 4.41. The zero-order valence-electron chi connectivity index (χ0n) is 12.1. The summed E-state index contributed by atoms with van der Waals surface area (Å²) < 4.78 is 15.3. The average Bonchev–Trinajstić information content (AvgIpc) is 2.90. The number of carbonyl (C=O) groups excluding carboxylic acids is 1. The molecule has 7 heteroatoms. The van der Waals surface area contributed by atoms with Gasteiger partial charge in [-0.25, -0.2) is 0 Å². The zero-order valence-corrected chi connectivity index (χ0v) is 12.1. The number of hydrogen-bond donors (Lipinski definition) is 2. The van der Waals surface area contributed by atoms with E-state index < -0.39 is 0 Å². The van der Waals surface area contributed by atoms with E-state index in [1.54, 1.807) is 25.1 Å². The van der Waals surface area contributed by atoms with E-state index in [1.165, 1.54) is 14.2 Å². The Morgan fingerprint density at radius 3 is 2.67 bits per heavy atom. The Labute approximate surface area is 122 Å². The van der Waals surface area contributed by atoms with Crippen molar-refractivity contribution in [1.29, 1.82) is 0 Å². The van der Waals surface area contributed by atoms with Gasteiger partial charge in [-0.1, -0.05) is 5.16 Å². The summed E-state index contributed by atoms with van der Waals surface area (Å²) in [6.07, 6.45) is 0. The van der Waals surface area contributed by atoms with Crippen molar-refractivity contribution in [2.24, 2.45) is 0 Å². The van der Waals surface area contributed by atoms with Crippen LogP contribution in [0, 0.1) is 6.92 Å². The molecule has 1 amide bonds. The summed E-state index contributed by atoms with van der Waals surface area (Å²) in [6, 6.07) is 4.92. The topological polar surface area (TPSA) is 99.6 Å². The molecule has 3 N–H and O–H groups in total. The molecule has 0 aliphatic heterocycles. The molecule has 0 saturated carbocycles. The number of nitrogens with zero attached hydrogens (tertiary/aromatic N) is 1. The smallest absolute Gasteiger partial charge is 0.254 e. The number of hydrogen-bond acceptors (Lipinski definition) is 6. The molecule has 1 aromatic heterocycles. The molecule has 0 unspecified atom stereocenters. The molecule has 0 spiro atoms. The molecule has 2 aromatic rings. The summed E-state index contributed by atoms with van der Waals surface area (Å²) in [4.78, 5) is 12.2. The van der Waals surface area contributed by atoms with Crippen molar-refractivity contribution < 1.29 is 18.8 Å². The van der Waals surface area contributed by atoms with E-state index >= 15 is 0 Å². The van der Waals surface area contributed by atoms with Crippen molar-refractivity contribution in [1.82, 2.24) is 10.5 Å². The summed E-state index contributed by atoms with van der Waals surface area (Å²) in [6.45, 7) is 2.03. The third-order valence-electron chi connectivity index (χ3n) is 2.92. The van der Waals surface area contributed by atoms with Crippen molar-refractivity contribution in [3.8, 4) is 11.5 Å². The molecule has 1 heterocycles. The fraction of sp³-hybridized carbons (Fsp3) is 0.286. The van der Waals surface area contributed by atoms with Gasteiger partial charge < -0.3 is 25.0 Å². The van der Waals surface area contributed by atoms with Gasteiger partial charge in [0.15, 0.2) is 5.76 Å². The normalized spacial score (nSPS) is 10.2. The largest absolute Gasteiger partial charge is 0.497 e. The second kappa shape index (κ2) is 6.17. The Morgan fingerprint density at radius 2 is 2.10 bits per heavy atom. The minimum atomic E-state index is -0.348. The van der Waals surface area contributed by atoms with Crippen molar-refractivity contribution in [2.75, 3.05) is 20.0 Å². The van der Waals surface area contributed by atoms with Gasteiger partial charge in [0.2, 0.25) is 0 Å². The fourth-order valence-corrected chi connectivity index (χ4v) is 1.84. The molecule has 7 nitrogen and oxygen atoms in total. The lowest BCUT2D eigenvalue weighted by molar-refractivity contribution is 0.0947. The number of aromatic nitrogens is 1. The van der Waals surface area contributed by atoms with Gasteiger partial charge in [-0.05, 0) is 13.0 Å². The summed E-state index contributed by atoms with van der Waals surface area (Å²) >= 11 is 0. The van der Waals surface area contributed by atoms with Crippen LogP contribution in [0.25, 0.3) is 0 Å². The summed E-state index contributed by atoms with van der Waals surface area (Å²) in [5, 5.41) is 6.46. The predicted molar refractivity (Wildman–Crippen MR) is 76.4 cm³/mol. The van der Waals surface area contributed by atoms with Gasteiger partial charge >= 0.3 is 0 Å². The molecule has 2 rings (SSSR count). The van der Waals surface area contributed by atoms with Gasteiger partial charge in [0.25, 0.3) is 5.91 Å². The van der Waals surface area contributed by atoms with Crippen LogP contribution in [0.15, 0.2) is 22.7 Å². The highest BCUT2D eigenvalue weighted by Gasteiger charge is 2.16. The maximum Gasteiger partial charge on any atom is 0.254 e. The monoisotopic (exact) mass is 291 g/mol. The highest BCUT2D eigenvalue weighted by atomic mass is 16.5. The Bertz CT molecular complexity index is 652. The first-order valence-corrected chi connectivity index (χ1v) is 6.27. The number of nitrogens with two attached hydrogens (primary N) is 1. The van der Waals surface area contributed by atoms with Crippen molar-refractivity contribution in [3.63, 3.8) is 0 Å². The Morgan fingerprint density at radius 1 is 1.33 bits per heavy atom. The van der Waals surface area contributed by atoms with Crippen LogP contribution in [-0.2, 0) is 6.54 Å². The summed E-state index contributed by atoms with van der Waals surface area (Å²) in [5.74, 6) is 1.09. The molecule has 1 aromatic carbocycles.